The molecule has 1 aromatic rings. The Morgan fingerprint density at radius 2 is 2.13 bits per heavy atom. The van der Waals surface area contributed by atoms with Gasteiger partial charge in [0.15, 0.2) is 11.6 Å². The molecule has 1 heterocycles. The normalized spacial score (nSPS) is 18.6. The molecular formula is C8H6FNO3S2. The summed E-state index contributed by atoms with van der Waals surface area (Å²) < 4.78 is 43.3. The van der Waals surface area contributed by atoms with E-state index in [0.717, 1.165) is 11.8 Å². The van der Waals surface area contributed by atoms with E-state index >= 15 is 0 Å². The Hall–Kier alpha value is -1.08. The largest absolute Gasteiger partial charge is 0.430 e. The zero-order valence-electron chi connectivity index (χ0n) is 7.38. The van der Waals surface area contributed by atoms with Gasteiger partial charge in [-0.3, -0.25) is 0 Å². The summed E-state index contributed by atoms with van der Waals surface area (Å²) >= 11 is 0.926. The van der Waals surface area contributed by atoms with Gasteiger partial charge in [0.2, 0.25) is 0 Å². The van der Waals surface area contributed by atoms with Gasteiger partial charge in [-0.1, -0.05) is 12.1 Å². The van der Waals surface area contributed by atoms with Crippen LogP contribution in [0, 0.1) is 5.82 Å². The maximum Gasteiger partial charge on any atom is 0.268 e. The van der Waals surface area contributed by atoms with Crippen LogP contribution in [0.1, 0.15) is 0 Å². The number of halogens is 1. The second kappa shape index (κ2) is 3.82. The number of benzene rings is 1. The van der Waals surface area contributed by atoms with Crippen molar-refractivity contribution in [2.45, 2.75) is 0 Å². The zero-order valence-corrected chi connectivity index (χ0v) is 9.02. The Morgan fingerprint density at radius 3 is 2.73 bits per heavy atom. The van der Waals surface area contributed by atoms with Crippen LogP contribution in [0.4, 0.5) is 4.39 Å². The van der Waals surface area contributed by atoms with E-state index in [0.29, 0.717) is 0 Å². The van der Waals surface area contributed by atoms with Crippen molar-refractivity contribution < 1.29 is 17.5 Å². The van der Waals surface area contributed by atoms with E-state index in [9.17, 15) is 12.8 Å². The molecule has 0 aliphatic carbocycles. The van der Waals surface area contributed by atoms with Crippen LogP contribution >= 0.6 is 11.8 Å². The van der Waals surface area contributed by atoms with Crippen LogP contribution in [0.15, 0.2) is 28.7 Å². The lowest BCUT2D eigenvalue weighted by Crippen LogP contribution is -2.01. The predicted molar refractivity (Wildman–Crippen MR) is 55.8 cm³/mol. The van der Waals surface area contributed by atoms with E-state index in [-0.39, 0.29) is 16.1 Å². The molecule has 0 fully saturated rings. The lowest BCUT2D eigenvalue weighted by Gasteiger charge is -2.02. The van der Waals surface area contributed by atoms with Gasteiger partial charge in [-0.05, 0) is 23.9 Å². The quantitative estimate of drug-likeness (QED) is 0.756. The maximum atomic E-state index is 13.1. The predicted octanol–water partition coefficient (Wildman–Crippen LogP) is 1.59. The molecule has 0 saturated carbocycles. The van der Waals surface area contributed by atoms with Gasteiger partial charge >= 0.3 is 0 Å². The fourth-order valence-electron chi connectivity index (χ4n) is 0.961. The maximum absolute atomic E-state index is 13.1. The molecule has 80 valence electrons. The fourth-order valence-corrected chi connectivity index (χ4v) is 3.14. The summed E-state index contributed by atoms with van der Waals surface area (Å²) in [7, 11) is -3.42. The van der Waals surface area contributed by atoms with Gasteiger partial charge in [-0.25, -0.2) is 12.8 Å². The van der Waals surface area contributed by atoms with Crippen molar-refractivity contribution in [3.8, 4) is 5.75 Å². The summed E-state index contributed by atoms with van der Waals surface area (Å²) in [6.45, 7) is 0. The number of thioether (sulfide) groups is 1. The molecule has 0 aromatic heterocycles. The number of nitrogens with zero attached hydrogens (tertiary/aromatic N) is 1. The lowest BCUT2D eigenvalue weighted by molar-refractivity contribution is 0.501. The van der Waals surface area contributed by atoms with E-state index < -0.39 is 15.8 Å². The Bertz CT molecular complexity index is 512. The summed E-state index contributed by atoms with van der Waals surface area (Å²) in [5.74, 6) is -0.578. The fraction of sp³-hybridized carbons (Fsp3) is 0.125. The third kappa shape index (κ3) is 2.48. The number of hydrogen-bond acceptors (Lipinski definition) is 4. The Morgan fingerprint density at radius 1 is 1.40 bits per heavy atom. The molecular weight excluding hydrogens is 241 g/mol. The van der Waals surface area contributed by atoms with Crippen LogP contribution in [0.2, 0.25) is 0 Å². The first-order chi connectivity index (χ1) is 7.07. The van der Waals surface area contributed by atoms with E-state index in [1.54, 1.807) is 6.07 Å². The molecule has 0 atom stereocenters. The van der Waals surface area contributed by atoms with Crippen molar-refractivity contribution in [2.75, 3.05) is 5.08 Å². The minimum absolute atomic E-state index is 0.0270. The van der Waals surface area contributed by atoms with Crippen LogP contribution in [-0.2, 0) is 10.0 Å². The average Bonchev–Trinajstić information content (AvgIpc) is 2.50. The topological polar surface area (TPSA) is 55.7 Å². The number of sulfonamides is 1. The SMILES string of the molecule is O=S1(=O)CSC(Oc2ccccc2F)=N1. The first-order valence-corrected chi connectivity index (χ1v) is 6.54. The van der Waals surface area contributed by atoms with Crippen LogP contribution in [-0.4, -0.2) is 18.7 Å². The Kier molecular flexibility index (Phi) is 2.66. The summed E-state index contributed by atoms with van der Waals surface area (Å²) in [6.07, 6.45) is 0. The van der Waals surface area contributed by atoms with Crippen molar-refractivity contribution >= 4 is 27.0 Å². The molecule has 0 N–H and O–H groups in total. The Labute approximate surface area is 90.2 Å². The highest BCUT2D eigenvalue weighted by molar-refractivity contribution is 8.24. The highest BCUT2D eigenvalue weighted by Gasteiger charge is 2.23. The highest BCUT2D eigenvalue weighted by Crippen LogP contribution is 2.24. The third-order valence-corrected chi connectivity index (χ3v) is 4.22. The van der Waals surface area contributed by atoms with Crippen molar-refractivity contribution in [1.29, 1.82) is 0 Å². The first kappa shape index (κ1) is 10.4. The Balaban J connectivity index is 2.21. The molecule has 0 saturated heterocycles. The smallest absolute Gasteiger partial charge is 0.268 e. The van der Waals surface area contributed by atoms with Crippen molar-refractivity contribution in [3.63, 3.8) is 0 Å². The first-order valence-electron chi connectivity index (χ1n) is 3.95. The molecule has 2 rings (SSSR count). The molecule has 1 aliphatic heterocycles. The molecule has 0 unspecified atom stereocenters. The monoisotopic (exact) mass is 247 g/mol. The molecule has 1 aromatic carbocycles. The number of ether oxygens (including phenoxy) is 1. The van der Waals surface area contributed by atoms with Gasteiger partial charge in [0, 0.05) is 0 Å². The second-order valence-corrected chi connectivity index (χ2v) is 5.66. The van der Waals surface area contributed by atoms with Crippen molar-refractivity contribution in [2.24, 2.45) is 4.40 Å². The molecule has 7 heteroatoms. The standard InChI is InChI=1S/C8H6FNO3S2/c9-6-3-1-2-4-7(6)13-8-10-15(11,12)5-14-8/h1-4H,5H2. The van der Waals surface area contributed by atoms with Gasteiger partial charge in [0.25, 0.3) is 15.3 Å². The highest BCUT2D eigenvalue weighted by atomic mass is 32.3. The van der Waals surface area contributed by atoms with Crippen LogP contribution in [0.5, 0.6) is 5.75 Å². The van der Waals surface area contributed by atoms with Gasteiger partial charge in [0.05, 0.1) is 0 Å². The average molecular weight is 247 g/mol. The summed E-state index contributed by atoms with van der Waals surface area (Å²) in [4.78, 5) is 0. The molecule has 15 heavy (non-hydrogen) atoms. The summed E-state index contributed by atoms with van der Waals surface area (Å²) in [5, 5.41) is -0.198. The van der Waals surface area contributed by atoms with E-state index in [4.69, 9.17) is 4.74 Å². The zero-order chi connectivity index (χ0) is 10.9. The number of para-hydroxylation sites is 1. The van der Waals surface area contributed by atoms with Crippen molar-refractivity contribution in [3.05, 3.63) is 30.1 Å². The van der Waals surface area contributed by atoms with Gasteiger partial charge in [-0.15, -0.1) is 4.40 Å². The van der Waals surface area contributed by atoms with E-state index in [2.05, 4.69) is 4.40 Å². The minimum Gasteiger partial charge on any atom is -0.430 e. The third-order valence-electron chi connectivity index (χ3n) is 1.58. The summed E-state index contributed by atoms with van der Waals surface area (Å²) in [5.41, 5.74) is 0. The second-order valence-electron chi connectivity index (χ2n) is 2.73. The van der Waals surface area contributed by atoms with Crippen LogP contribution in [0.25, 0.3) is 0 Å². The van der Waals surface area contributed by atoms with Gasteiger partial charge < -0.3 is 4.74 Å². The van der Waals surface area contributed by atoms with E-state index in [1.165, 1.54) is 18.2 Å². The molecule has 0 amide bonds. The molecule has 4 nitrogen and oxygen atoms in total. The lowest BCUT2D eigenvalue weighted by atomic mass is 10.3. The van der Waals surface area contributed by atoms with Crippen LogP contribution < -0.4 is 4.74 Å². The minimum atomic E-state index is -3.42. The summed E-state index contributed by atoms with van der Waals surface area (Å²) in [6, 6.07) is 5.74. The molecule has 0 spiro atoms. The van der Waals surface area contributed by atoms with Crippen LogP contribution in [0.3, 0.4) is 0 Å². The number of hydrogen-bond donors (Lipinski definition) is 0. The molecule has 0 radical (unpaired) electrons. The van der Waals surface area contributed by atoms with Gasteiger partial charge in [0.1, 0.15) is 5.08 Å². The number of rotatable bonds is 1. The van der Waals surface area contributed by atoms with E-state index in [1.807, 2.05) is 0 Å². The molecule has 1 aliphatic rings. The van der Waals surface area contributed by atoms with Gasteiger partial charge in [-0.2, -0.15) is 0 Å². The molecule has 0 bridgehead atoms. The van der Waals surface area contributed by atoms with Crippen molar-refractivity contribution in [1.82, 2.24) is 0 Å².